The number of benzene rings is 1. The zero-order chi connectivity index (χ0) is 14.2. The monoisotopic (exact) mass is 274 g/mol. The maximum Gasteiger partial charge on any atom is 0.134 e. The lowest BCUT2D eigenvalue weighted by atomic mass is 9.72. The van der Waals surface area contributed by atoms with E-state index >= 15 is 0 Å². The summed E-state index contributed by atoms with van der Waals surface area (Å²) in [4.78, 5) is 0. The van der Waals surface area contributed by atoms with Crippen molar-refractivity contribution in [3.63, 3.8) is 0 Å². The third-order valence-electron chi connectivity index (χ3n) is 4.11. The van der Waals surface area contributed by atoms with Crippen molar-refractivity contribution >= 4 is 0 Å². The molecule has 0 bridgehead atoms. The van der Waals surface area contributed by atoms with Gasteiger partial charge in [0.05, 0.1) is 5.41 Å². The van der Waals surface area contributed by atoms with Crippen molar-refractivity contribution in [1.82, 2.24) is 0 Å². The lowest BCUT2D eigenvalue weighted by Gasteiger charge is -2.31. The molecule has 1 aromatic carbocycles. The van der Waals surface area contributed by atoms with Crippen LogP contribution in [0.2, 0.25) is 0 Å². The highest BCUT2D eigenvalue weighted by molar-refractivity contribution is 5.53. The van der Waals surface area contributed by atoms with Gasteiger partial charge in [0.15, 0.2) is 0 Å². The molecule has 3 rings (SSSR count). The van der Waals surface area contributed by atoms with Crippen LogP contribution in [0, 0.1) is 0 Å². The number of hydrogen-bond donors (Lipinski definition) is 3. The van der Waals surface area contributed by atoms with Crippen LogP contribution in [0.4, 0.5) is 0 Å². The number of rotatable bonds is 4. The van der Waals surface area contributed by atoms with Crippen LogP contribution in [-0.2, 0) is 11.8 Å². The average molecular weight is 274 g/mol. The zero-order valence-corrected chi connectivity index (χ0v) is 11.1. The zero-order valence-electron chi connectivity index (χ0n) is 11.1. The Bertz CT molecular complexity index is 576. The fraction of sp³-hybridized carbons (Fsp3) is 0.375. The first kappa shape index (κ1) is 13.2. The molecule has 0 aromatic heterocycles. The molecule has 1 aliphatic heterocycles. The van der Waals surface area contributed by atoms with E-state index < -0.39 is 5.41 Å². The summed E-state index contributed by atoms with van der Waals surface area (Å²) in [5, 5.41) is 28.1. The molecule has 1 aromatic rings. The molecule has 2 unspecified atom stereocenters. The number of fused-ring (bicyclic) bond motifs is 3. The van der Waals surface area contributed by atoms with Crippen LogP contribution in [0.15, 0.2) is 42.2 Å². The number of ether oxygens (including phenoxy) is 1. The Morgan fingerprint density at radius 2 is 2.05 bits per heavy atom. The summed E-state index contributed by atoms with van der Waals surface area (Å²) in [6.07, 6.45) is 6.09. The van der Waals surface area contributed by atoms with Gasteiger partial charge in [0.1, 0.15) is 17.6 Å². The first-order chi connectivity index (χ1) is 9.69. The molecule has 3 N–H and O–H groups in total. The standard InChI is InChI=1S/C16H18O4/c17-7-4-11-1-2-14-13(9-11)16(6-8-18)5-3-12(19)10-15(16)20-14/h1-3,5,9-10,15,17-19H,4,6-8H2. The van der Waals surface area contributed by atoms with Gasteiger partial charge in [-0.25, -0.2) is 0 Å². The Hall–Kier alpha value is -1.78. The average Bonchev–Trinajstić information content (AvgIpc) is 2.73. The number of hydrogen-bond acceptors (Lipinski definition) is 4. The van der Waals surface area contributed by atoms with E-state index in [1.165, 1.54) is 0 Å². The van der Waals surface area contributed by atoms with E-state index in [1.807, 2.05) is 24.3 Å². The first-order valence-corrected chi connectivity index (χ1v) is 6.81. The van der Waals surface area contributed by atoms with Gasteiger partial charge in [-0.3, -0.25) is 0 Å². The number of aliphatic hydroxyl groups excluding tert-OH is 3. The van der Waals surface area contributed by atoms with Gasteiger partial charge in [-0.05, 0) is 36.6 Å². The van der Waals surface area contributed by atoms with Crippen LogP contribution in [0.3, 0.4) is 0 Å². The lowest BCUT2D eigenvalue weighted by molar-refractivity contribution is 0.174. The van der Waals surface area contributed by atoms with Gasteiger partial charge in [-0.1, -0.05) is 18.2 Å². The largest absolute Gasteiger partial charge is 0.508 e. The second-order valence-corrected chi connectivity index (χ2v) is 5.28. The molecule has 0 fully saturated rings. The highest BCUT2D eigenvalue weighted by Crippen LogP contribution is 2.49. The molecule has 1 heterocycles. The van der Waals surface area contributed by atoms with E-state index in [9.17, 15) is 10.2 Å². The maximum atomic E-state index is 9.66. The Morgan fingerprint density at radius 3 is 2.80 bits per heavy atom. The van der Waals surface area contributed by atoms with E-state index in [1.54, 1.807) is 12.2 Å². The Morgan fingerprint density at radius 1 is 1.20 bits per heavy atom. The Labute approximate surface area is 117 Å². The van der Waals surface area contributed by atoms with Gasteiger partial charge >= 0.3 is 0 Å². The van der Waals surface area contributed by atoms with Crippen LogP contribution in [0.25, 0.3) is 0 Å². The van der Waals surface area contributed by atoms with E-state index in [2.05, 4.69) is 0 Å². The number of allylic oxidation sites excluding steroid dienone is 1. The molecule has 106 valence electrons. The Kier molecular flexibility index (Phi) is 3.28. The van der Waals surface area contributed by atoms with Crippen molar-refractivity contribution in [2.75, 3.05) is 13.2 Å². The second kappa shape index (κ2) is 4.96. The van der Waals surface area contributed by atoms with Crippen LogP contribution < -0.4 is 4.74 Å². The highest BCUT2D eigenvalue weighted by Gasteiger charge is 2.47. The summed E-state index contributed by atoms with van der Waals surface area (Å²) in [5.74, 6) is 0.965. The minimum atomic E-state index is -0.429. The van der Waals surface area contributed by atoms with Gasteiger partial charge in [-0.2, -0.15) is 0 Å². The van der Waals surface area contributed by atoms with Gasteiger partial charge < -0.3 is 20.1 Å². The van der Waals surface area contributed by atoms with E-state index in [0.29, 0.717) is 12.8 Å². The van der Waals surface area contributed by atoms with Gasteiger partial charge in [-0.15, -0.1) is 0 Å². The topological polar surface area (TPSA) is 69.9 Å². The molecular formula is C16H18O4. The summed E-state index contributed by atoms with van der Waals surface area (Å²) < 4.78 is 5.91. The van der Waals surface area contributed by atoms with Crippen molar-refractivity contribution in [3.05, 3.63) is 53.3 Å². The van der Waals surface area contributed by atoms with E-state index in [-0.39, 0.29) is 25.1 Å². The molecule has 20 heavy (non-hydrogen) atoms. The molecule has 2 aliphatic rings. The fourth-order valence-electron chi connectivity index (χ4n) is 3.08. The summed E-state index contributed by atoms with van der Waals surface area (Å²) in [5.41, 5.74) is 1.63. The third kappa shape index (κ3) is 1.92. The van der Waals surface area contributed by atoms with Gasteiger partial charge in [0.2, 0.25) is 0 Å². The van der Waals surface area contributed by atoms with Gasteiger partial charge in [0, 0.05) is 18.8 Å². The van der Waals surface area contributed by atoms with Crippen LogP contribution in [-0.4, -0.2) is 34.6 Å². The van der Waals surface area contributed by atoms with E-state index in [0.717, 1.165) is 16.9 Å². The quantitative estimate of drug-likeness (QED) is 0.780. The molecular weight excluding hydrogens is 256 g/mol. The smallest absolute Gasteiger partial charge is 0.134 e. The predicted molar refractivity (Wildman–Crippen MR) is 74.9 cm³/mol. The predicted octanol–water partition coefficient (Wildman–Crippen LogP) is 1.61. The fourth-order valence-corrected chi connectivity index (χ4v) is 3.08. The van der Waals surface area contributed by atoms with Crippen LogP contribution in [0.1, 0.15) is 17.5 Å². The summed E-state index contributed by atoms with van der Waals surface area (Å²) >= 11 is 0. The highest BCUT2D eigenvalue weighted by atomic mass is 16.5. The SMILES string of the molecule is OCCc1ccc2c(c1)C1(CCO)C=CC(O)=CC1O2. The molecule has 0 spiro atoms. The summed E-state index contributed by atoms with van der Waals surface area (Å²) in [7, 11) is 0. The van der Waals surface area contributed by atoms with Gasteiger partial charge in [0.25, 0.3) is 0 Å². The molecule has 4 nitrogen and oxygen atoms in total. The third-order valence-corrected chi connectivity index (χ3v) is 4.11. The first-order valence-electron chi connectivity index (χ1n) is 6.81. The molecule has 0 radical (unpaired) electrons. The van der Waals surface area contributed by atoms with Crippen molar-refractivity contribution in [3.8, 4) is 5.75 Å². The van der Waals surface area contributed by atoms with Crippen molar-refractivity contribution in [1.29, 1.82) is 0 Å². The normalized spacial score (nSPS) is 26.7. The van der Waals surface area contributed by atoms with Crippen LogP contribution >= 0.6 is 0 Å². The summed E-state index contributed by atoms with van der Waals surface area (Å²) in [6.45, 7) is 0.148. The minimum Gasteiger partial charge on any atom is -0.508 e. The Balaban J connectivity index is 2.08. The molecule has 2 atom stereocenters. The molecule has 0 saturated carbocycles. The summed E-state index contributed by atoms with van der Waals surface area (Å²) in [6, 6.07) is 5.87. The molecule has 0 saturated heterocycles. The molecule has 4 heteroatoms. The van der Waals surface area contributed by atoms with Crippen LogP contribution in [0.5, 0.6) is 5.75 Å². The minimum absolute atomic E-state index is 0.0441. The van der Waals surface area contributed by atoms with E-state index in [4.69, 9.17) is 9.84 Å². The van der Waals surface area contributed by atoms with Crippen molar-refractivity contribution in [2.45, 2.75) is 24.4 Å². The lowest BCUT2D eigenvalue weighted by Crippen LogP contribution is -2.37. The van der Waals surface area contributed by atoms with Crippen molar-refractivity contribution in [2.24, 2.45) is 0 Å². The molecule has 1 aliphatic carbocycles. The second-order valence-electron chi connectivity index (χ2n) is 5.28. The maximum absolute atomic E-state index is 9.66. The number of aliphatic hydroxyl groups is 3. The van der Waals surface area contributed by atoms with Crippen molar-refractivity contribution < 1.29 is 20.1 Å². The molecule has 0 amide bonds.